The van der Waals surface area contributed by atoms with E-state index in [4.69, 9.17) is 9.47 Å². The van der Waals surface area contributed by atoms with Crippen molar-refractivity contribution in [2.45, 2.75) is 105 Å². The Morgan fingerprint density at radius 1 is 0.741 bits per heavy atom. The Balaban J connectivity index is 2.64. The molecule has 162 valence electrons. The fraction of sp³-hybridized carbons (Fsp3) is 1.00. The van der Waals surface area contributed by atoms with Crippen molar-refractivity contribution in [1.82, 2.24) is 9.80 Å². The van der Waals surface area contributed by atoms with Gasteiger partial charge in [0.1, 0.15) is 0 Å². The van der Waals surface area contributed by atoms with Crippen LogP contribution in [-0.2, 0) is 9.47 Å². The van der Waals surface area contributed by atoms with Gasteiger partial charge in [0.05, 0.1) is 6.17 Å². The zero-order valence-corrected chi connectivity index (χ0v) is 19.0. The number of ether oxygens (including phenoxy) is 2. The molecule has 1 aliphatic rings. The van der Waals surface area contributed by atoms with Crippen LogP contribution in [0.1, 0.15) is 92.4 Å². The maximum Gasteiger partial charge on any atom is 0.157 e. The highest BCUT2D eigenvalue weighted by atomic mass is 16.7. The summed E-state index contributed by atoms with van der Waals surface area (Å²) < 4.78 is 11.8. The van der Waals surface area contributed by atoms with Crippen molar-refractivity contribution < 1.29 is 9.47 Å². The van der Waals surface area contributed by atoms with E-state index in [1.165, 1.54) is 64.5 Å². The molecule has 1 atom stereocenters. The minimum absolute atomic E-state index is 0.0485. The van der Waals surface area contributed by atoms with Gasteiger partial charge in [-0.1, -0.05) is 65.7 Å². The van der Waals surface area contributed by atoms with Crippen LogP contribution in [0.15, 0.2) is 0 Å². The Bertz CT molecular complexity index is 322. The molecule has 4 heteroatoms. The molecule has 1 fully saturated rings. The number of hydrogen-bond acceptors (Lipinski definition) is 4. The molecule has 0 spiro atoms. The summed E-state index contributed by atoms with van der Waals surface area (Å²) in [5, 5.41) is 0. The first-order valence-corrected chi connectivity index (χ1v) is 11.9. The zero-order chi connectivity index (χ0) is 19.9. The molecule has 1 heterocycles. The second-order valence-corrected chi connectivity index (χ2v) is 7.92. The molecule has 0 aromatic heterocycles. The topological polar surface area (TPSA) is 24.9 Å². The summed E-state index contributed by atoms with van der Waals surface area (Å²) in [5.74, 6) is 0.631. The first-order chi connectivity index (χ1) is 13.2. The minimum atomic E-state index is -0.0485. The lowest BCUT2D eigenvalue weighted by Crippen LogP contribution is -2.46. The first kappa shape index (κ1) is 24.9. The van der Waals surface area contributed by atoms with E-state index in [9.17, 15) is 0 Å². The maximum absolute atomic E-state index is 5.92. The molecular weight excluding hydrogens is 336 g/mol. The molecule has 1 unspecified atom stereocenters. The van der Waals surface area contributed by atoms with Crippen LogP contribution in [0.4, 0.5) is 0 Å². The van der Waals surface area contributed by atoms with Crippen LogP contribution in [-0.4, -0.2) is 61.6 Å². The lowest BCUT2D eigenvalue weighted by molar-refractivity contribution is -0.152. The molecule has 1 aliphatic heterocycles. The molecule has 1 saturated heterocycles. The van der Waals surface area contributed by atoms with Crippen LogP contribution >= 0.6 is 0 Å². The average molecular weight is 385 g/mol. The van der Waals surface area contributed by atoms with Crippen molar-refractivity contribution in [3.05, 3.63) is 0 Å². The second-order valence-electron chi connectivity index (χ2n) is 7.92. The van der Waals surface area contributed by atoms with E-state index >= 15 is 0 Å². The Kier molecular flexibility index (Phi) is 14.5. The van der Waals surface area contributed by atoms with Gasteiger partial charge in [0.15, 0.2) is 6.29 Å². The minimum Gasteiger partial charge on any atom is -0.353 e. The van der Waals surface area contributed by atoms with E-state index in [1.807, 2.05) is 0 Å². The van der Waals surface area contributed by atoms with Gasteiger partial charge in [0.2, 0.25) is 0 Å². The highest BCUT2D eigenvalue weighted by molar-refractivity contribution is 4.86. The summed E-state index contributed by atoms with van der Waals surface area (Å²) in [6, 6.07) is 0. The molecule has 0 bridgehead atoms. The monoisotopic (exact) mass is 384 g/mol. The predicted octanol–water partition coefficient (Wildman–Crippen LogP) is 5.52. The lowest BCUT2D eigenvalue weighted by atomic mass is 9.92. The van der Waals surface area contributed by atoms with E-state index in [-0.39, 0.29) is 6.29 Å². The molecule has 4 nitrogen and oxygen atoms in total. The second kappa shape index (κ2) is 15.7. The van der Waals surface area contributed by atoms with E-state index in [2.05, 4.69) is 44.4 Å². The van der Waals surface area contributed by atoms with Gasteiger partial charge in [-0.2, -0.15) is 0 Å². The smallest absolute Gasteiger partial charge is 0.157 e. The van der Waals surface area contributed by atoms with Gasteiger partial charge in [0, 0.05) is 32.7 Å². The van der Waals surface area contributed by atoms with Gasteiger partial charge < -0.3 is 9.47 Å². The molecule has 0 saturated carbocycles. The number of rotatable bonds is 17. The van der Waals surface area contributed by atoms with Crippen LogP contribution in [0.25, 0.3) is 0 Å². The van der Waals surface area contributed by atoms with Crippen molar-refractivity contribution >= 4 is 0 Å². The Morgan fingerprint density at radius 3 is 1.74 bits per heavy atom. The third-order valence-electron chi connectivity index (χ3n) is 6.04. The van der Waals surface area contributed by atoms with E-state index in [0.29, 0.717) is 12.1 Å². The molecule has 0 aromatic carbocycles. The SMILES string of the molecule is CCCCCCCCCC(CC(OCC)OCC)C1N(CC)CCN1CC. The van der Waals surface area contributed by atoms with Gasteiger partial charge in [-0.25, -0.2) is 0 Å². The third-order valence-corrected chi connectivity index (χ3v) is 6.04. The quantitative estimate of drug-likeness (QED) is 0.244. The normalized spacial score (nSPS) is 18.0. The van der Waals surface area contributed by atoms with Crippen LogP contribution in [0.2, 0.25) is 0 Å². The molecular formula is C23H48N2O2. The zero-order valence-electron chi connectivity index (χ0n) is 19.0. The largest absolute Gasteiger partial charge is 0.353 e. The Labute approximate surface area is 170 Å². The highest BCUT2D eigenvalue weighted by Crippen LogP contribution is 2.30. The van der Waals surface area contributed by atoms with Crippen molar-refractivity contribution in [2.24, 2.45) is 5.92 Å². The van der Waals surface area contributed by atoms with Gasteiger partial charge in [-0.15, -0.1) is 0 Å². The molecule has 0 aliphatic carbocycles. The number of nitrogens with zero attached hydrogens (tertiary/aromatic N) is 2. The van der Waals surface area contributed by atoms with Gasteiger partial charge in [-0.05, 0) is 39.3 Å². The first-order valence-electron chi connectivity index (χ1n) is 11.9. The summed E-state index contributed by atoms with van der Waals surface area (Å²) >= 11 is 0. The molecule has 0 amide bonds. The summed E-state index contributed by atoms with van der Waals surface area (Å²) in [6.45, 7) is 17.2. The molecule has 1 rings (SSSR count). The lowest BCUT2D eigenvalue weighted by Gasteiger charge is -2.37. The van der Waals surface area contributed by atoms with E-state index in [1.54, 1.807) is 0 Å². The number of unbranched alkanes of at least 4 members (excludes halogenated alkanes) is 6. The van der Waals surface area contributed by atoms with Crippen LogP contribution in [0.5, 0.6) is 0 Å². The van der Waals surface area contributed by atoms with Crippen LogP contribution in [0, 0.1) is 5.92 Å². The van der Waals surface area contributed by atoms with Crippen molar-refractivity contribution in [3.63, 3.8) is 0 Å². The van der Waals surface area contributed by atoms with Gasteiger partial charge in [-0.3, -0.25) is 9.80 Å². The summed E-state index contributed by atoms with van der Waals surface area (Å²) in [5.41, 5.74) is 0. The van der Waals surface area contributed by atoms with Crippen molar-refractivity contribution in [2.75, 3.05) is 39.4 Å². The molecule has 0 aromatic rings. The van der Waals surface area contributed by atoms with E-state index < -0.39 is 0 Å². The fourth-order valence-corrected chi connectivity index (χ4v) is 4.59. The molecule has 27 heavy (non-hydrogen) atoms. The Morgan fingerprint density at radius 2 is 1.26 bits per heavy atom. The van der Waals surface area contributed by atoms with Crippen LogP contribution in [0.3, 0.4) is 0 Å². The standard InChI is InChI=1S/C23H48N2O2/c1-6-11-12-13-14-15-16-17-21(20-22(26-9-4)27-10-5)23-24(7-2)18-19-25(23)8-3/h21-23H,6-20H2,1-5H3. The fourth-order valence-electron chi connectivity index (χ4n) is 4.59. The van der Waals surface area contributed by atoms with Crippen molar-refractivity contribution in [3.8, 4) is 0 Å². The number of likely N-dealkylation sites (N-methyl/N-ethyl adjacent to an activating group) is 2. The van der Waals surface area contributed by atoms with Crippen LogP contribution < -0.4 is 0 Å². The van der Waals surface area contributed by atoms with Gasteiger partial charge in [0.25, 0.3) is 0 Å². The average Bonchev–Trinajstić information content (AvgIpc) is 3.09. The maximum atomic E-state index is 5.92. The van der Waals surface area contributed by atoms with Gasteiger partial charge >= 0.3 is 0 Å². The Hall–Kier alpha value is -0.160. The summed E-state index contributed by atoms with van der Waals surface area (Å²) in [7, 11) is 0. The van der Waals surface area contributed by atoms with E-state index in [0.717, 1.165) is 32.7 Å². The summed E-state index contributed by atoms with van der Waals surface area (Å²) in [4.78, 5) is 5.34. The molecule has 0 N–H and O–H groups in total. The summed E-state index contributed by atoms with van der Waals surface area (Å²) in [6.07, 6.45) is 12.5. The van der Waals surface area contributed by atoms with Crippen molar-refractivity contribution in [1.29, 1.82) is 0 Å². The number of hydrogen-bond donors (Lipinski definition) is 0. The molecule has 0 radical (unpaired) electrons. The highest BCUT2D eigenvalue weighted by Gasteiger charge is 2.37. The predicted molar refractivity (Wildman–Crippen MR) is 116 cm³/mol. The third kappa shape index (κ3) is 9.25.